The molecule has 1 aromatic heterocycles. The van der Waals surface area contributed by atoms with Crippen LogP contribution < -0.4 is 0 Å². The monoisotopic (exact) mass is 212 g/mol. The Labute approximate surface area is 86.1 Å². The Bertz CT molecular complexity index is 363. The van der Waals surface area contributed by atoms with E-state index < -0.39 is 0 Å². The van der Waals surface area contributed by atoms with Crippen LogP contribution in [-0.4, -0.2) is 15.7 Å². The van der Waals surface area contributed by atoms with Crippen LogP contribution in [0.3, 0.4) is 0 Å². The molecule has 1 aromatic rings. The molecule has 1 saturated carbocycles. The summed E-state index contributed by atoms with van der Waals surface area (Å²) in [5.74, 6) is 2.68. The van der Waals surface area contributed by atoms with Gasteiger partial charge in [0.15, 0.2) is 0 Å². The predicted octanol–water partition coefficient (Wildman–Crippen LogP) is 2.66. The van der Waals surface area contributed by atoms with E-state index in [0.29, 0.717) is 11.1 Å². The largest absolute Gasteiger partial charge is 0.226 e. The van der Waals surface area contributed by atoms with Crippen LogP contribution in [0, 0.1) is 0 Å². The third-order valence-electron chi connectivity index (χ3n) is 2.47. The lowest BCUT2D eigenvalue weighted by molar-refractivity contribution is 0.858. The van der Waals surface area contributed by atoms with E-state index in [1.165, 1.54) is 12.8 Å². The molecule has 0 spiro atoms. The number of nitrogens with zero attached hydrogens (tertiary/aromatic N) is 2. The summed E-state index contributed by atoms with van der Waals surface area (Å²) in [7, 11) is 0. The van der Waals surface area contributed by atoms with Crippen molar-refractivity contribution >= 4 is 23.4 Å². The van der Waals surface area contributed by atoms with Gasteiger partial charge < -0.3 is 0 Å². The van der Waals surface area contributed by atoms with Crippen molar-refractivity contribution in [2.24, 2.45) is 0 Å². The van der Waals surface area contributed by atoms with E-state index in [0.717, 1.165) is 28.6 Å². The molecule has 2 aliphatic rings. The van der Waals surface area contributed by atoms with E-state index in [-0.39, 0.29) is 0 Å². The average Bonchev–Trinajstić information content (AvgIpc) is 2.85. The van der Waals surface area contributed by atoms with Gasteiger partial charge in [-0.3, -0.25) is 0 Å². The maximum atomic E-state index is 6.08. The van der Waals surface area contributed by atoms with Crippen molar-refractivity contribution in [1.29, 1.82) is 0 Å². The fourth-order valence-electron chi connectivity index (χ4n) is 1.56. The van der Waals surface area contributed by atoms with Crippen molar-refractivity contribution in [2.45, 2.75) is 30.2 Å². The van der Waals surface area contributed by atoms with Crippen LogP contribution in [0.25, 0.3) is 0 Å². The summed E-state index contributed by atoms with van der Waals surface area (Å²) in [6.45, 7) is 0. The molecular formula is C9H9ClN2S. The van der Waals surface area contributed by atoms with Crippen molar-refractivity contribution < 1.29 is 0 Å². The summed E-state index contributed by atoms with van der Waals surface area (Å²) in [6, 6.07) is 0. The summed E-state index contributed by atoms with van der Waals surface area (Å²) in [5.41, 5.74) is 1.16. The van der Waals surface area contributed by atoms with Crippen LogP contribution in [0.4, 0.5) is 0 Å². The molecule has 13 heavy (non-hydrogen) atoms. The molecule has 1 aliphatic carbocycles. The summed E-state index contributed by atoms with van der Waals surface area (Å²) in [4.78, 5) is 8.89. The Morgan fingerprint density at radius 3 is 2.92 bits per heavy atom. The van der Waals surface area contributed by atoms with Crippen molar-refractivity contribution in [1.82, 2.24) is 9.97 Å². The minimum atomic E-state index is 0.601. The quantitative estimate of drug-likeness (QED) is 0.670. The highest BCUT2D eigenvalue weighted by molar-refractivity contribution is 7.99. The van der Waals surface area contributed by atoms with Crippen molar-refractivity contribution in [3.05, 3.63) is 16.5 Å². The van der Waals surface area contributed by atoms with E-state index in [9.17, 15) is 0 Å². The topological polar surface area (TPSA) is 25.8 Å². The van der Waals surface area contributed by atoms with Gasteiger partial charge in [0.2, 0.25) is 0 Å². The lowest BCUT2D eigenvalue weighted by Gasteiger charge is -2.02. The highest BCUT2D eigenvalue weighted by Gasteiger charge is 2.29. The maximum Gasteiger partial charge on any atom is 0.137 e. The second-order valence-corrected chi connectivity index (χ2v) is 4.97. The van der Waals surface area contributed by atoms with Crippen LogP contribution in [0.5, 0.6) is 0 Å². The number of hydrogen-bond acceptors (Lipinski definition) is 3. The third-order valence-corrected chi connectivity index (χ3v) is 3.80. The van der Waals surface area contributed by atoms with Crippen LogP contribution >= 0.6 is 23.4 Å². The Balaban J connectivity index is 2.10. The molecule has 1 aliphatic heterocycles. The molecule has 0 aromatic carbocycles. The van der Waals surface area contributed by atoms with Gasteiger partial charge >= 0.3 is 0 Å². The smallest absolute Gasteiger partial charge is 0.137 e. The lowest BCUT2D eigenvalue weighted by atomic mass is 10.2. The first-order valence-electron chi connectivity index (χ1n) is 4.53. The molecule has 0 bridgehead atoms. The zero-order valence-electron chi connectivity index (χ0n) is 7.09. The van der Waals surface area contributed by atoms with E-state index >= 15 is 0 Å². The van der Waals surface area contributed by atoms with Crippen LogP contribution in [-0.2, 0) is 6.42 Å². The first-order valence-corrected chi connectivity index (χ1v) is 5.90. The Morgan fingerprint density at radius 2 is 2.15 bits per heavy atom. The average molecular weight is 213 g/mol. The zero-order valence-corrected chi connectivity index (χ0v) is 8.66. The van der Waals surface area contributed by atoms with Gasteiger partial charge in [-0.2, -0.15) is 0 Å². The van der Waals surface area contributed by atoms with Gasteiger partial charge in [-0.1, -0.05) is 11.6 Å². The van der Waals surface area contributed by atoms with Crippen LogP contribution in [0.15, 0.2) is 5.03 Å². The van der Waals surface area contributed by atoms with Crippen molar-refractivity contribution in [3.8, 4) is 0 Å². The minimum Gasteiger partial charge on any atom is -0.226 e. The molecule has 0 saturated heterocycles. The second kappa shape index (κ2) is 2.85. The fourth-order valence-corrected chi connectivity index (χ4v) is 2.91. The number of hydrogen-bond donors (Lipinski definition) is 0. The van der Waals surface area contributed by atoms with Gasteiger partial charge in [-0.25, -0.2) is 9.97 Å². The van der Waals surface area contributed by atoms with Gasteiger partial charge in [-0.15, -0.1) is 11.8 Å². The molecular weight excluding hydrogens is 204 g/mol. The molecule has 3 rings (SSSR count). The molecule has 68 valence electrons. The van der Waals surface area contributed by atoms with E-state index in [2.05, 4.69) is 9.97 Å². The number of aromatic nitrogens is 2. The Morgan fingerprint density at radius 1 is 1.31 bits per heavy atom. The van der Waals surface area contributed by atoms with Crippen LogP contribution in [0.2, 0.25) is 5.15 Å². The SMILES string of the molecule is Clc1nc(C2CC2)nc2c1CCS2. The van der Waals surface area contributed by atoms with Gasteiger partial charge in [0, 0.05) is 17.2 Å². The van der Waals surface area contributed by atoms with Crippen molar-refractivity contribution in [3.63, 3.8) is 0 Å². The number of fused-ring (bicyclic) bond motifs is 1. The van der Waals surface area contributed by atoms with E-state index in [4.69, 9.17) is 11.6 Å². The fraction of sp³-hybridized carbons (Fsp3) is 0.556. The van der Waals surface area contributed by atoms with Gasteiger partial charge in [0.05, 0.1) is 0 Å². The van der Waals surface area contributed by atoms with E-state index in [1.807, 2.05) is 0 Å². The highest BCUT2D eigenvalue weighted by Crippen LogP contribution is 2.41. The summed E-state index contributed by atoms with van der Waals surface area (Å²) in [5, 5.41) is 1.82. The molecule has 2 heterocycles. The summed E-state index contributed by atoms with van der Waals surface area (Å²) in [6.07, 6.45) is 3.50. The second-order valence-electron chi connectivity index (χ2n) is 3.53. The number of thioether (sulfide) groups is 1. The Hall–Kier alpha value is -0.280. The lowest BCUT2D eigenvalue weighted by Crippen LogP contribution is -1.97. The zero-order chi connectivity index (χ0) is 8.84. The maximum absolute atomic E-state index is 6.08. The predicted molar refractivity (Wildman–Crippen MR) is 53.4 cm³/mol. The van der Waals surface area contributed by atoms with Gasteiger partial charge in [0.25, 0.3) is 0 Å². The van der Waals surface area contributed by atoms with Gasteiger partial charge in [0.1, 0.15) is 16.0 Å². The standard InChI is InChI=1S/C9H9ClN2S/c10-7-6-3-4-13-9(6)12-8(11-7)5-1-2-5/h5H,1-4H2. The molecule has 0 amide bonds. The first-order chi connectivity index (χ1) is 6.34. The van der Waals surface area contributed by atoms with E-state index in [1.54, 1.807) is 11.8 Å². The molecule has 0 atom stereocenters. The third kappa shape index (κ3) is 1.34. The summed E-state index contributed by atoms with van der Waals surface area (Å²) < 4.78 is 0. The molecule has 0 N–H and O–H groups in total. The van der Waals surface area contributed by atoms with Gasteiger partial charge in [-0.05, 0) is 19.3 Å². The first kappa shape index (κ1) is 8.06. The van der Waals surface area contributed by atoms with Crippen molar-refractivity contribution in [2.75, 3.05) is 5.75 Å². The van der Waals surface area contributed by atoms with Crippen LogP contribution in [0.1, 0.15) is 30.1 Å². The highest BCUT2D eigenvalue weighted by atomic mass is 35.5. The normalized spacial score (nSPS) is 20.4. The molecule has 1 fully saturated rings. The summed E-state index contributed by atoms with van der Waals surface area (Å²) >= 11 is 7.89. The molecule has 0 radical (unpaired) electrons. The minimum absolute atomic E-state index is 0.601. The number of halogens is 1. The number of rotatable bonds is 1. The molecule has 2 nitrogen and oxygen atoms in total. The Kier molecular flexibility index (Phi) is 1.77. The molecule has 0 unspecified atom stereocenters. The molecule has 4 heteroatoms.